The maximum absolute atomic E-state index is 8.86. The SMILES string of the molecule is CCCn1nccc1/C=C(/C)CO. The second-order valence-electron chi connectivity index (χ2n) is 3.13. The summed E-state index contributed by atoms with van der Waals surface area (Å²) in [4.78, 5) is 0. The van der Waals surface area contributed by atoms with Crippen LogP contribution >= 0.6 is 0 Å². The Kier molecular flexibility index (Phi) is 3.71. The van der Waals surface area contributed by atoms with Gasteiger partial charge < -0.3 is 5.11 Å². The zero-order chi connectivity index (χ0) is 9.68. The molecule has 72 valence electrons. The molecule has 0 fully saturated rings. The van der Waals surface area contributed by atoms with Crippen LogP contribution in [-0.2, 0) is 6.54 Å². The van der Waals surface area contributed by atoms with Crippen LogP contribution in [0.15, 0.2) is 17.8 Å². The molecule has 0 aliphatic carbocycles. The molecule has 1 N–H and O–H groups in total. The molecule has 0 saturated heterocycles. The molecule has 0 aliphatic rings. The molecule has 1 aromatic rings. The van der Waals surface area contributed by atoms with Gasteiger partial charge in [-0.05, 0) is 31.1 Å². The van der Waals surface area contributed by atoms with E-state index in [-0.39, 0.29) is 6.61 Å². The fourth-order valence-electron chi connectivity index (χ4n) is 1.16. The summed E-state index contributed by atoms with van der Waals surface area (Å²) in [5.74, 6) is 0. The van der Waals surface area contributed by atoms with Gasteiger partial charge in [0.1, 0.15) is 0 Å². The van der Waals surface area contributed by atoms with Crippen molar-refractivity contribution in [3.63, 3.8) is 0 Å². The lowest BCUT2D eigenvalue weighted by molar-refractivity contribution is 0.332. The molecule has 0 aromatic carbocycles. The minimum absolute atomic E-state index is 0.108. The summed E-state index contributed by atoms with van der Waals surface area (Å²) in [6.45, 7) is 5.06. The van der Waals surface area contributed by atoms with Crippen LogP contribution in [0.1, 0.15) is 26.0 Å². The van der Waals surface area contributed by atoms with Crippen LogP contribution in [0.5, 0.6) is 0 Å². The van der Waals surface area contributed by atoms with Gasteiger partial charge in [0.05, 0.1) is 12.3 Å². The second kappa shape index (κ2) is 4.82. The topological polar surface area (TPSA) is 38.0 Å². The molecule has 0 saturated carbocycles. The van der Waals surface area contributed by atoms with Crippen molar-refractivity contribution in [3.8, 4) is 0 Å². The summed E-state index contributed by atoms with van der Waals surface area (Å²) in [6.07, 6.45) is 4.81. The van der Waals surface area contributed by atoms with E-state index in [1.807, 2.05) is 23.7 Å². The van der Waals surface area contributed by atoms with Gasteiger partial charge >= 0.3 is 0 Å². The Morgan fingerprint density at radius 1 is 1.69 bits per heavy atom. The van der Waals surface area contributed by atoms with Gasteiger partial charge in [-0.1, -0.05) is 6.92 Å². The summed E-state index contributed by atoms with van der Waals surface area (Å²) >= 11 is 0. The summed E-state index contributed by atoms with van der Waals surface area (Å²) in [7, 11) is 0. The average Bonchev–Trinajstić information content (AvgIpc) is 2.54. The molecule has 1 rings (SSSR count). The molecular formula is C10H16N2O. The fourth-order valence-corrected chi connectivity index (χ4v) is 1.16. The molecule has 0 aliphatic heterocycles. The molecule has 0 amide bonds. The summed E-state index contributed by atoms with van der Waals surface area (Å²) in [6, 6.07) is 1.95. The van der Waals surface area contributed by atoms with Gasteiger partial charge in [0.25, 0.3) is 0 Å². The van der Waals surface area contributed by atoms with Gasteiger partial charge in [0.2, 0.25) is 0 Å². The largest absolute Gasteiger partial charge is 0.392 e. The van der Waals surface area contributed by atoms with E-state index in [1.54, 1.807) is 6.20 Å². The standard InChI is InChI=1S/C10H16N2O/c1-3-6-12-10(4-5-11-12)7-9(2)8-13/h4-5,7,13H,3,6,8H2,1-2H3/b9-7-. The van der Waals surface area contributed by atoms with Crippen LogP contribution in [0.25, 0.3) is 6.08 Å². The van der Waals surface area contributed by atoms with Crippen molar-refractivity contribution < 1.29 is 5.11 Å². The third kappa shape index (κ3) is 2.70. The Hall–Kier alpha value is -1.09. The predicted octanol–water partition coefficient (Wildman–Crippen LogP) is 1.69. The van der Waals surface area contributed by atoms with Crippen LogP contribution in [0.3, 0.4) is 0 Å². The van der Waals surface area contributed by atoms with Crippen LogP contribution in [0, 0.1) is 0 Å². The number of aliphatic hydroxyl groups is 1. The van der Waals surface area contributed by atoms with Crippen molar-refractivity contribution in [1.29, 1.82) is 0 Å². The smallest absolute Gasteiger partial charge is 0.0642 e. The zero-order valence-electron chi connectivity index (χ0n) is 8.20. The van der Waals surface area contributed by atoms with E-state index < -0.39 is 0 Å². The normalized spacial score (nSPS) is 12.1. The quantitative estimate of drug-likeness (QED) is 0.765. The number of aryl methyl sites for hydroxylation is 1. The Balaban J connectivity index is 2.81. The predicted molar refractivity (Wildman–Crippen MR) is 53.3 cm³/mol. The number of hydrogen-bond acceptors (Lipinski definition) is 2. The van der Waals surface area contributed by atoms with Crippen molar-refractivity contribution in [2.45, 2.75) is 26.8 Å². The Morgan fingerprint density at radius 2 is 2.46 bits per heavy atom. The number of hydrogen-bond donors (Lipinski definition) is 1. The monoisotopic (exact) mass is 180 g/mol. The summed E-state index contributed by atoms with van der Waals surface area (Å²) < 4.78 is 1.94. The molecule has 3 nitrogen and oxygen atoms in total. The van der Waals surface area contributed by atoms with Gasteiger partial charge in [0.15, 0.2) is 0 Å². The van der Waals surface area contributed by atoms with E-state index in [4.69, 9.17) is 5.11 Å². The van der Waals surface area contributed by atoms with Crippen molar-refractivity contribution in [2.75, 3.05) is 6.61 Å². The lowest BCUT2D eigenvalue weighted by atomic mass is 10.2. The molecule has 0 unspecified atom stereocenters. The first-order valence-corrected chi connectivity index (χ1v) is 4.57. The first-order valence-electron chi connectivity index (χ1n) is 4.57. The number of nitrogens with zero attached hydrogens (tertiary/aromatic N) is 2. The summed E-state index contributed by atoms with van der Waals surface area (Å²) in [5, 5.41) is 13.0. The molecule has 0 radical (unpaired) electrons. The molecule has 0 atom stereocenters. The highest BCUT2D eigenvalue weighted by molar-refractivity contribution is 5.48. The van der Waals surface area contributed by atoms with Gasteiger partial charge in [0, 0.05) is 12.7 Å². The zero-order valence-corrected chi connectivity index (χ0v) is 8.20. The minimum Gasteiger partial charge on any atom is -0.392 e. The molecule has 0 bridgehead atoms. The maximum Gasteiger partial charge on any atom is 0.0642 e. The molecule has 1 heterocycles. The highest BCUT2D eigenvalue weighted by atomic mass is 16.3. The second-order valence-corrected chi connectivity index (χ2v) is 3.13. The maximum atomic E-state index is 8.86. The number of rotatable bonds is 4. The van der Waals surface area contributed by atoms with Gasteiger partial charge in [-0.15, -0.1) is 0 Å². The third-order valence-corrected chi connectivity index (χ3v) is 1.83. The molecule has 1 aromatic heterocycles. The molecular weight excluding hydrogens is 164 g/mol. The van der Waals surface area contributed by atoms with Crippen molar-refractivity contribution in [3.05, 3.63) is 23.5 Å². The van der Waals surface area contributed by atoms with E-state index in [9.17, 15) is 0 Å². The Morgan fingerprint density at radius 3 is 3.08 bits per heavy atom. The van der Waals surface area contributed by atoms with E-state index in [2.05, 4.69) is 12.0 Å². The van der Waals surface area contributed by atoms with Crippen LogP contribution in [0.2, 0.25) is 0 Å². The van der Waals surface area contributed by atoms with Crippen molar-refractivity contribution in [2.24, 2.45) is 0 Å². The highest BCUT2D eigenvalue weighted by Crippen LogP contribution is 2.06. The van der Waals surface area contributed by atoms with Crippen molar-refractivity contribution >= 4 is 6.08 Å². The molecule has 3 heteroatoms. The molecule has 13 heavy (non-hydrogen) atoms. The average molecular weight is 180 g/mol. The van der Waals surface area contributed by atoms with E-state index in [0.717, 1.165) is 24.2 Å². The lowest BCUT2D eigenvalue weighted by Crippen LogP contribution is -2.01. The van der Waals surface area contributed by atoms with Gasteiger partial charge in [-0.3, -0.25) is 4.68 Å². The van der Waals surface area contributed by atoms with Crippen LogP contribution in [-0.4, -0.2) is 21.5 Å². The first kappa shape index (κ1) is 9.99. The number of aromatic nitrogens is 2. The number of aliphatic hydroxyl groups excluding tert-OH is 1. The molecule has 0 spiro atoms. The Labute approximate surface area is 78.7 Å². The minimum atomic E-state index is 0.108. The van der Waals surface area contributed by atoms with Crippen LogP contribution in [0.4, 0.5) is 0 Å². The van der Waals surface area contributed by atoms with Gasteiger partial charge in [-0.2, -0.15) is 5.10 Å². The first-order chi connectivity index (χ1) is 6.27. The summed E-state index contributed by atoms with van der Waals surface area (Å²) in [5.41, 5.74) is 2.02. The van der Waals surface area contributed by atoms with Crippen molar-refractivity contribution in [1.82, 2.24) is 9.78 Å². The fraction of sp³-hybridized carbons (Fsp3) is 0.500. The lowest BCUT2D eigenvalue weighted by Gasteiger charge is -2.02. The Bertz CT molecular complexity index is 289. The van der Waals surface area contributed by atoms with E-state index in [1.165, 1.54) is 0 Å². The third-order valence-electron chi connectivity index (χ3n) is 1.83. The van der Waals surface area contributed by atoms with Crippen LogP contribution < -0.4 is 0 Å². The highest BCUT2D eigenvalue weighted by Gasteiger charge is 1.97. The van der Waals surface area contributed by atoms with Gasteiger partial charge in [-0.25, -0.2) is 0 Å². The van der Waals surface area contributed by atoms with E-state index in [0.29, 0.717) is 0 Å². The van der Waals surface area contributed by atoms with E-state index >= 15 is 0 Å².